The molecule has 2 N–H and O–H groups in total. The van der Waals surface area contributed by atoms with Gasteiger partial charge in [-0.05, 0) is 38.1 Å². The van der Waals surface area contributed by atoms with Crippen LogP contribution >= 0.6 is 0 Å². The second-order valence-electron chi connectivity index (χ2n) is 8.48. The van der Waals surface area contributed by atoms with Crippen molar-refractivity contribution in [3.8, 4) is 0 Å². The van der Waals surface area contributed by atoms with Gasteiger partial charge in [0, 0.05) is 61.0 Å². The Morgan fingerprint density at radius 3 is 2.53 bits per heavy atom. The molecular weight excluding hydrogens is 428 g/mol. The van der Waals surface area contributed by atoms with Crippen LogP contribution in [0.4, 0.5) is 0 Å². The van der Waals surface area contributed by atoms with Crippen LogP contribution in [0, 0.1) is 6.92 Å². The van der Waals surface area contributed by atoms with Crippen LogP contribution in [0.3, 0.4) is 0 Å². The lowest BCUT2D eigenvalue weighted by atomic mass is 10.1. The minimum atomic E-state index is -0.311. The van der Waals surface area contributed by atoms with Crippen LogP contribution < -0.4 is 10.6 Å². The summed E-state index contributed by atoms with van der Waals surface area (Å²) >= 11 is 0. The van der Waals surface area contributed by atoms with Crippen molar-refractivity contribution >= 4 is 28.8 Å². The van der Waals surface area contributed by atoms with Crippen molar-refractivity contribution < 1.29 is 14.3 Å². The molecular formula is C27H32N4O3. The van der Waals surface area contributed by atoms with Gasteiger partial charge in [-0.2, -0.15) is 0 Å². The Labute approximate surface area is 200 Å². The van der Waals surface area contributed by atoms with E-state index in [4.69, 9.17) is 4.74 Å². The third-order valence-electron chi connectivity index (χ3n) is 6.08. The van der Waals surface area contributed by atoms with Crippen LogP contribution in [-0.2, 0) is 16.1 Å². The van der Waals surface area contributed by atoms with Crippen LogP contribution in [0.5, 0.6) is 0 Å². The highest BCUT2D eigenvalue weighted by Crippen LogP contribution is 2.23. The SMILES string of the molecule is CCn1cc(C=C(NC(=O)c2ccc(C)cc2)C(=O)NCCN2CCOCC2)c2ccccc21. The molecule has 2 heterocycles. The van der Waals surface area contributed by atoms with Crippen LogP contribution in [0.1, 0.15) is 28.4 Å². The van der Waals surface area contributed by atoms with E-state index in [0.29, 0.717) is 25.3 Å². The number of amides is 2. The molecule has 0 spiro atoms. The molecule has 3 aromatic rings. The molecule has 1 aromatic heterocycles. The monoisotopic (exact) mass is 460 g/mol. The van der Waals surface area contributed by atoms with E-state index in [2.05, 4.69) is 33.1 Å². The fraction of sp³-hybridized carbons (Fsp3) is 0.333. The summed E-state index contributed by atoms with van der Waals surface area (Å²) in [5.74, 6) is -0.615. The first-order valence-electron chi connectivity index (χ1n) is 11.8. The third-order valence-corrected chi connectivity index (χ3v) is 6.08. The number of hydrogen-bond acceptors (Lipinski definition) is 4. The van der Waals surface area contributed by atoms with E-state index in [1.165, 1.54) is 0 Å². The first kappa shape index (κ1) is 23.7. The van der Waals surface area contributed by atoms with Gasteiger partial charge in [-0.15, -0.1) is 0 Å². The fourth-order valence-corrected chi connectivity index (χ4v) is 4.11. The zero-order chi connectivity index (χ0) is 23.9. The number of aromatic nitrogens is 1. The van der Waals surface area contributed by atoms with E-state index in [-0.39, 0.29) is 17.5 Å². The lowest BCUT2D eigenvalue weighted by Crippen LogP contribution is -2.42. The maximum Gasteiger partial charge on any atom is 0.267 e. The highest BCUT2D eigenvalue weighted by atomic mass is 16.5. The van der Waals surface area contributed by atoms with Crippen molar-refractivity contribution in [3.05, 3.63) is 77.1 Å². The van der Waals surface area contributed by atoms with Crippen molar-refractivity contribution in [1.29, 1.82) is 0 Å². The maximum absolute atomic E-state index is 13.2. The minimum Gasteiger partial charge on any atom is -0.379 e. The minimum absolute atomic E-state index is 0.228. The second-order valence-corrected chi connectivity index (χ2v) is 8.48. The molecule has 7 nitrogen and oxygen atoms in total. The normalized spacial score (nSPS) is 14.8. The quantitative estimate of drug-likeness (QED) is 0.507. The molecule has 2 amide bonds. The lowest BCUT2D eigenvalue weighted by Gasteiger charge is -2.26. The van der Waals surface area contributed by atoms with Gasteiger partial charge in [0.1, 0.15) is 5.70 Å². The molecule has 7 heteroatoms. The molecule has 1 aliphatic heterocycles. The van der Waals surface area contributed by atoms with Gasteiger partial charge in [0.15, 0.2) is 0 Å². The average Bonchev–Trinajstić information content (AvgIpc) is 3.22. The maximum atomic E-state index is 13.2. The van der Waals surface area contributed by atoms with Gasteiger partial charge in [-0.3, -0.25) is 14.5 Å². The molecule has 4 rings (SSSR count). The number of nitrogens with zero attached hydrogens (tertiary/aromatic N) is 2. The number of aryl methyl sites for hydroxylation is 2. The number of fused-ring (bicyclic) bond motifs is 1. The molecule has 0 bridgehead atoms. The number of para-hydroxylation sites is 1. The molecule has 0 unspecified atom stereocenters. The smallest absolute Gasteiger partial charge is 0.267 e. The number of ether oxygens (including phenoxy) is 1. The van der Waals surface area contributed by atoms with Crippen molar-refractivity contribution in [2.45, 2.75) is 20.4 Å². The summed E-state index contributed by atoms with van der Waals surface area (Å²) in [5, 5.41) is 6.86. The van der Waals surface area contributed by atoms with Crippen molar-refractivity contribution in [2.24, 2.45) is 0 Å². The topological polar surface area (TPSA) is 75.6 Å². The largest absolute Gasteiger partial charge is 0.379 e. The molecule has 0 saturated carbocycles. The second kappa shape index (κ2) is 11.1. The number of benzene rings is 2. The molecule has 178 valence electrons. The van der Waals surface area contributed by atoms with Crippen LogP contribution in [0.2, 0.25) is 0 Å². The van der Waals surface area contributed by atoms with Crippen LogP contribution in [-0.4, -0.2) is 60.7 Å². The third kappa shape index (κ3) is 5.73. The van der Waals surface area contributed by atoms with Gasteiger partial charge >= 0.3 is 0 Å². The summed E-state index contributed by atoms with van der Waals surface area (Å²) in [4.78, 5) is 28.4. The lowest BCUT2D eigenvalue weighted by molar-refractivity contribution is -0.117. The Morgan fingerprint density at radius 2 is 1.79 bits per heavy atom. The molecule has 0 aliphatic carbocycles. The van der Waals surface area contributed by atoms with Gasteiger partial charge in [0.05, 0.1) is 13.2 Å². The van der Waals surface area contributed by atoms with E-state index >= 15 is 0 Å². The Bertz CT molecular complexity index is 1170. The molecule has 34 heavy (non-hydrogen) atoms. The van der Waals surface area contributed by atoms with Crippen molar-refractivity contribution in [2.75, 3.05) is 39.4 Å². The number of nitrogens with one attached hydrogen (secondary N) is 2. The number of rotatable bonds is 8. The highest BCUT2D eigenvalue weighted by molar-refractivity contribution is 6.06. The Morgan fingerprint density at radius 1 is 1.06 bits per heavy atom. The number of hydrogen-bond donors (Lipinski definition) is 2. The van der Waals surface area contributed by atoms with Gasteiger partial charge in [-0.1, -0.05) is 35.9 Å². The standard InChI is InChI=1S/C27H32N4O3/c1-3-31-19-22(23-6-4-5-7-25(23)31)18-24(29-26(32)21-10-8-20(2)9-11-21)27(33)28-12-13-30-14-16-34-17-15-30/h4-11,18-19H,3,12-17H2,1-2H3,(H,28,33)(H,29,32). The van der Waals surface area contributed by atoms with Gasteiger partial charge in [0.2, 0.25) is 0 Å². The summed E-state index contributed by atoms with van der Waals surface area (Å²) in [6.45, 7) is 9.25. The summed E-state index contributed by atoms with van der Waals surface area (Å²) in [6.07, 6.45) is 3.79. The summed E-state index contributed by atoms with van der Waals surface area (Å²) in [7, 11) is 0. The molecule has 1 saturated heterocycles. The number of carbonyl (C=O) groups excluding carboxylic acids is 2. The van der Waals surface area contributed by atoms with Crippen molar-refractivity contribution in [3.63, 3.8) is 0 Å². The number of morpholine rings is 1. The predicted molar refractivity (Wildman–Crippen MR) is 135 cm³/mol. The summed E-state index contributed by atoms with van der Waals surface area (Å²) in [6, 6.07) is 15.4. The summed E-state index contributed by atoms with van der Waals surface area (Å²) < 4.78 is 7.52. The molecule has 1 aliphatic rings. The zero-order valence-corrected chi connectivity index (χ0v) is 19.8. The first-order valence-corrected chi connectivity index (χ1v) is 11.8. The Balaban J connectivity index is 1.57. The van der Waals surface area contributed by atoms with Gasteiger partial charge in [0.25, 0.3) is 11.8 Å². The van der Waals surface area contributed by atoms with E-state index in [1.807, 2.05) is 43.5 Å². The Kier molecular flexibility index (Phi) is 7.77. The molecule has 0 radical (unpaired) electrons. The van der Waals surface area contributed by atoms with E-state index in [1.54, 1.807) is 18.2 Å². The summed E-state index contributed by atoms with van der Waals surface area (Å²) in [5.41, 5.74) is 3.79. The highest BCUT2D eigenvalue weighted by Gasteiger charge is 2.17. The van der Waals surface area contributed by atoms with Crippen molar-refractivity contribution in [1.82, 2.24) is 20.1 Å². The van der Waals surface area contributed by atoms with Crippen LogP contribution in [0.25, 0.3) is 17.0 Å². The van der Waals surface area contributed by atoms with E-state index < -0.39 is 0 Å². The number of carbonyl (C=O) groups is 2. The van der Waals surface area contributed by atoms with Gasteiger partial charge in [-0.25, -0.2) is 0 Å². The molecule has 2 aromatic carbocycles. The first-order chi connectivity index (χ1) is 16.5. The van der Waals surface area contributed by atoms with E-state index in [0.717, 1.165) is 48.2 Å². The van der Waals surface area contributed by atoms with Crippen LogP contribution in [0.15, 0.2) is 60.4 Å². The zero-order valence-electron chi connectivity index (χ0n) is 19.8. The fourth-order valence-electron chi connectivity index (χ4n) is 4.11. The van der Waals surface area contributed by atoms with E-state index in [9.17, 15) is 9.59 Å². The Hall–Kier alpha value is -3.42. The average molecular weight is 461 g/mol. The molecule has 0 atom stereocenters. The van der Waals surface area contributed by atoms with Gasteiger partial charge < -0.3 is 19.9 Å². The predicted octanol–water partition coefficient (Wildman–Crippen LogP) is 3.19. The molecule has 1 fully saturated rings.